The molecule has 3 heterocycles. The molecule has 8 nitrogen and oxygen atoms in total. The Bertz CT molecular complexity index is 1150. The minimum absolute atomic E-state index is 0.0808. The van der Waals surface area contributed by atoms with E-state index in [1.54, 1.807) is 6.20 Å². The van der Waals surface area contributed by atoms with Crippen LogP contribution < -0.4 is 5.32 Å². The fourth-order valence-corrected chi connectivity index (χ4v) is 4.15. The van der Waals surface area contributed by atoms with Crippen molar-refractivity contribution in [1.82, 2.24) is 25.1 Å². The summed E-state index contributed by atoms with van der Waals surface area (Å²) in [6.45, 7) is 0.500. The number of hydrogen-bond donors (Lipinski definition) is 3. The van der Waals surface area contributed by atoms with E-state index in [0.717, 1.165) is 58.7 Å². The van der Waals surface area contributed by atoms with E-state index in [9.17, 15) is 0 Å². The van der Waals surface area contributed by atoms with Gasteiger partial charge in [-0.1, -0.05) is 6.07 Å². The number of nitrogens with zero attached hydrogens (tertiary/aromatic N) is 4. The molecular formula is C22H24N6O2. The van der Waals surface area contributed by atoms with Gasteiger partial charge in [0.25, 0.3) is 0 Å². The van der Waals surface area contributed by atoms with Gasteiger partial charge in [0.1, 0.15) is 5.65 Å². The first-order chi connectivity index (χ1) is 14.8. The van der Waals surface area contributed by atoms with Crippen LogP contribution in [0.4, 0.5) is 5.95 Å². The molecule has 0 unspecified atom stereocenters. The van der Waals surface area contributed by atoms with Gasteiger partial charge < -0.3 is 20.1 Å². The van der Waals surface area contributed by atoms with Gasteiger partial charge in [0.05, 0.1) is 31.0 Å². The van der Waals surface area contributed by atoms with Crippen LogP contribution in [0.25, 0.3) is 33.1 Å². The van der Waals surface area contributed by atoms with Gasteiger partial charge in [-0.05, 0) is 49.4 Å². The van der Waals surface area contributed by atoms with E-state index in [4.69, 9.17) is 9.84 Å². The molecule has 0 radical (unpaired) electrons. The molecule has 154 valence electrons. The Morgan fingerprint density at radius 1 is 1.17 bits per heavy atom. The fourth-order valence-electron chi connectivity index (χ4n) is 4.15. The SMILES string of the molecule is OCCOC1CCC(Nc2ncc3c(-c4ccc5nnccc5c4)c[nH]c3n2)CC1. The molecule has 1 saturated carbocycles. The third kappa shape index (κ3) is 3.83. The largest absolute Gasteiger partial charge is 0.394 e. The minimum Gasteiger partial charge on any atom is -0.394 e. The van der Waals surface area contributed by atoms with Gasteiger partial charge in [-0.25, -0.2) is 4.98 Å². The zero-order chi connectivity index (χ0) is 20.3. The van der Waals surface area contributed by atoms with Crippen LogP contribution in [0, 0.1) is 0 Å². The first-order valence-corrected chi connectivity index (χ1v) is 10.3. The Morgan fingerprint density at radius 3 is 2.93 bits per heavy atom. The maximum Gasteiger partial charge on any atom is 0.224 e. The van der Waals surface area contributed by atoms with Crippen molar-refractivity contribution in [2.75, 3.05) is 18.5 Å². The predicted octanol–water partition coefficient (Wildman–Crippen LogP) is 3.30. The molecule has 1 fully saturated rings. The third-order valence-corrected chi connectivity index (χ3v) is 5.71. The molecule has 5 rings (SSSR count). The molecule has 0 saturated heterocycles. The van der Waals surface area contributed by atoms with Crippen molar-refractivity contribution in [2.45, 2.75) is 37.8 Å². The van der Waals surface area contributed by atoms with Crippen LogP contribution >= 0.6 is 0 Å². The van der Waals surface area contributed by atoms with E-state index in [-0.39, 0.29) is 12.7 Å². The summed E-state index contributed by atoms with van der Waals surface area (Å²) in [5.41, 5.74) is 3.85. The van der Waals surface area contributed by atoms with E-state index in [2.05, 4.69) is 36.5 Å². The second kappa shape index (κ2) is 8.33. The van der Waals surface area contributed by atoms with Crippen molar-refractivity contribution < 1.29 is 9.84 Å². The number of H-pyrrole nitrogens is 1. The number of ether oxygens (including phenoxy) is 1. The van der Waals surface area contributed by atoms with Gasteiger partial charge in [-0.2, -0.15) is 15.2 Å². The number of nitrogens with one attached hydrogen (secondary N) is 2. The zero-order valence-corrected chi connectivity index (χ0v) is 16.6. The number of rotatable bonds is 6. The quantitative estimate of drug-likeness (QED) is 0.452. The summed E-state index contributed by atoms with van der Waals surface area (Å²) in [5, 5.41) is 22.5. The van der Waals surface area contributed by atoms with Crippen LogP contribution in [0.2, 0.25) is 0 Å². The van der Waals surface area contributed by atoms with Gasteiger partial charge in [-0.3, -0.25) is 0 Å². The number of benzene rings is 1. The highest BCUT2D eigenvalue weighted by Gasteiger charge is 2.22. The average molecular weight is 404 g/mol. The van der Waals surface area contributed by atoms with Crippen LogP contribution in [0.5, 0.6) is 0 Å². The first kappa shape index (κ1) is 18.9. The molecule has 3 N–H and O–H groups in total. The Hall–Kier alpha value is -3.10. The smallest absolute Gasteiger partial charge is 0.224 e. The summed E-state index contributed by atoms with van der Waals surface area (Å²) in [6.07, 6.45) is 9.79. The van der Waals surface area contributed by atoms with Gasteiger partial charge >= 0.3 is 0 Å². The van der Waals surface area contributed by atoms with Gasteiger partial charge in [0.2, 0.25) is 5.95 Å². The van der Waals surface area contributed by atoms with Gasteiger partial charge in [0, 0.05) is 34.8 Å². The van der Waals surface area contributed by atoms with E-state index in [1.807, 2.05) is 30.6 Å². The van der Waals surface area contributed by atoms with Crippen molar-refractivity contribution in [2.24, 2.45) is 0 Å². The topological polar surface area (TPSA) is 109 Å². The molecule has 30 heavy (non-hydrogen) atoms. The molecule has 0 spiro atoms. The average Bonchev–Trinajstić information content (AvgIpc) is 3.21. The second-order valence-electron chi connectivity index (χ2n) is 7.68. The molecule has 0 aliphatic heterocycles. The normalized spacial score (nSPS) is 19.4. The highest BCUT2D eigenvalue weighted by Crippen LogP contribution is 2.30. The second-order valence-corrected chi connectivity index (χ2v) is 7.68. The molecule has 0 bridgehead atoms. The molecule has 0 atom stereocenters. The van der Waals surface area contributed by atoms with Crippen molar-refractivity contribution in [1.29, 1.82) is 0 Å². The standard InChI is InChI=1S/C22H24N6O2/c29-9-10-30-17-4-2-16(3-5-17)26-22-24-13-19-18(12-23-21(19)27-22)14-1-6-20-15(11-14)7-8-25-28-20/h1,6-8,11-13,16-17,29H,2-5,9-10H2,(H2,23,24,26,27). The number of hydrogen-bond acceptors (Lipinski definition) is 7. The number of anilines is 1. The third-order valence-electron chi connectivity index (χ3n) is 5.71. The molecule has 3 aromatic heterocycles. The van der Waals surface area contributed by atoms with Crippen LogP contribution in [-0.4, -0.2) is 55.6 Å². The number of aromatic amines is 1. The molecule has 1 aliphatic carbocycles. The van der Waals surface area contributed by atoms with E-state index in [0.29, 0.717) is 18.6 Å². The first-order valence-electron chi connectivity index (χ1n) is 10.3. The summed E-state index contributed by atoms with van der Waals surface area (Å²) in [4.78, 5) is 12.5. The minimum atomic E-state index is 0.0808. The van der Waals surface area contributed by atoms with Crippen LogP contribution in [0.15, 0.2) is 42.9 Å². The summed E-state index contributed by atoms with van der Waals surface area (Å²) in [5.74, 6) is 0.643. The van der Waals surface area contributed by atoms with E-state index >= 15 is 0 Å². The Morgan fingerprint density at radius 2 is 2.07 bits per heavy atom. The lowest BCUT2D eigenvalue weighted by Crippen LogP contribution is -2.30. The molecular weight excluding hydrogens is 380 g/mol. The lowest BCUT2D eigenvalue weighted by molar-refractivity contribution is 0.00719. The van der Waals surface area contributed by atoms with E-state index < -0.39 is 0 Å². The van der Waals surface area contributed by atoms with Crippen molar-refractivity contribution in [3.63, 3.8) is 0 Å². The number of aliphatic hydroxyl groups excluding tert-OH is 1. The van der Waals surface area contributed by atoms with E-state index in [1.165, 1.54) is 0 Å². The van der Waals surface area contributed by atoms with Crippen molar-refractivity contribution >= 4 is 27.9 Å². The number of aromatic nitrogens is 5. The number of fused-ring (bicyclic) bond motifs is 2. The van der Waals surface area contributed by atoms with Crippen molar-refractivity contribution in [3.8, 4) is 11.1 Å². The summed E-state index contributed by atoms with van der Waals surface area (Å²) in [7, 11) is 0. The molecule has 1 aliphatic rings. The Balaban J connectivity index is 1.31. The Labute approximate surface area is 173 Å². The maximum absolute atomic E-state index is 8.89. The maximum atomic E-state index is 8.89. The molecule has 1 aromatic carbocycles. The monoisotopic (exact) mass is 404 g/mol. The number of aliphatic hydroxyl groups is 1. The van der Waals surface area contributed by atoms with Crippen LogP contribution in [0.3, 0.4) is 0 Å². The summed E-state index contributed by atoms with van der Waals surface area (Å²) >= 11 is 0. The van der Waals surface area contributed by atoms with Crippen LogP contribution in [-0.2, 0) is 4.74 Å². The summed E-state index contributed by atoms with van der Waals surface area (Å²) < 4.78 is 5.64. The van der Waals surface area contributed by atoms with Crippen molar-refractivity contribution in [3.05, 3.63) is 42.9 Å². The lowest BCUT2D eigenvalue weighted by atomic mass is 9.93. The predicted molar refractivity (Wildman–Crippen MR) is 115 cm³/mol. The zero-order valence-electron chi connectivity index (χ0n) is 16.6. The summed E-state index contributed by atoms with van der Waals surface area (Å²) in [6, 6.07) is 8.43. The molecule has 4 aromatic rings. The lowest BCUT2D eigenvalue weighted by Gasteiger charge is -2.28. The highest BCUT2D eigenvalue weighted by molar-refractivity contribution is 5.96. The fraction of sp³-hybridized carbons (Fsp3) is 0.364. The Kier molecular flexibility index (Phi) is 5.25. The highest BCUT2D eigenvalue weighted by atomic mass is 16.5. The van der Waals surface area contributed by atoms with Gasteiger partial charge in [-0.15, -0.1) is 0 Å². The van der Waals surface area contributed by atoms with Gasteiger partial charge in [0.15, 0.2) is 0 Å². The molecule has 8 heteroatoms. The molecule has 0 amide bonds. The van der Waals surface area contributed by atoms with Crippen LogP contribution in [0.1, 0.15) is 25.7 Å².